The third-order valence-electron chi connectivity index (χ3n) is 3.34. The van der Waals surface area contributed by atoms with E-state index in [-0.39, 0.29) is 5.91 Å². The molecule has 0 saturated heterocycles. The van der Waals surface area contributed by atoms with Crippen LogP contribution in [-0.4, -0.2) is 15.5 Å². The number of aromatic nitrogens is 2. The van der Waals surface area contributed by atoms with Crippen LogP contribution in [0.5, 0.6) is 0 Å². The number of carbonyl (C=O) groups is 1. The molecule has 0 aliphatic carbocycles. The number of amides is 1. The third kappa shape index (κ3) is 2.80. The molecular weight excluding hydrogens is 342 g/mol. The fourth-order valence-electron chi connectivity index (χ4n) is 2.26. The van der Waals surface area contributed by atoms with Gasteiger partial charge in [0.05, 0.1) is 17.1 Å². The van der Waals surface area contributed by atoms with Crippen molar-refractivity contribution < 1.29 is 4.79 Å². The van der Waals surface area contributed by atoms with E-state index in [2.05, 4.69) is 26.2 Å². The molecule has 1 aromatic carbocycles. The first-order chi connectivity index (χ1) is 10.7. The Labute approximate surface area is 136 Å². The van der Waals surface area contributed by atoms with Gasteiger partial charge >= 0.3 is 0 Å². The number of halogens is 1. The van der Waals surface area contributed by atoms with E-state index >= 15 is 0 Å². The molecule has 2 heterocycles. The summed E-state index contributed by atoms with van der Waals surface area (Å²) in [6.45, 7) is 1.92. The van der Waals surface area contributed by atoms with E-state index in [0.29, 0.717) is 5.69 Å². The number of carbonyl (C=O) groups excluding carboxylic acids is 1. The van der Waals surface area contributed by atoms with Crippen molar-refractivity contribution in [1.29, 1.82) is 0 Å². The lowest BCUT2D eigenvalue weighted by atomic mass is 10.3. The summed E-state index contributed by atoms with van der Waals surface area (Å²) in [5.74, 6) is -0.167. The van der Waals surface area contributed by atoms with Crippen molar-refractivity contribution >= 4 is 27.5 Å². The highest BCUT2D eigenvalue weighted by molar-refractivity contribution is 9.10. The number of aryl methyl sites for hydroxylation is 1. The van der Waals surface area contributed by atoms with Gasteiger partial charge in [-0.3, -0.25) is 9.78 Å². The van der Waals surface area contributed by atoms with E-state index in [4.69, 9.17) is 0 Å². The lowest BCUT2D eigenvalue weighted by Gasteiger charge is -2.12. The van der Waals surface area contributed by atoms with Crippen LogP contribution in [0.4, 0.5) is 5.69 Å². The van der Waals surface area contributed by atoms with Gasteiger partial charge in [-0.15, -0.1) is 0 Å². The molecule has 0 spiro atoms. The van der Waals surface area contributed by atoms with E-state index in [9.17, 15) is 4.79 Å². The smallest absolute Gasteiger partial charge is 0.272 e. The average Bonchev–Trinajstić information content (AvgIpc) is 2.99. The number of hydrogen-bond acceptors (Lipinski definition) is 2. The maximum absolute atomic E-state index is 12.6. The second-order valence-electron chi connectivity index (χ2n) is 4.81. The molecule has 110 valence electrons. The number of benzene rings is 1. The van der Waals surface area contributed by atoms with Crippen molar-refractivity contribution in [2.24, 2.45) is 0 Å². The van der Waals surface area contributed by atoms with Crippen LogP contribution in [0.15, 0.2) is 65.4 Å². The number of anilines is 1. The zero-order valence-corrected chi connectivity index (χ0v) is 13.5. The van der Waals surface area contributed by atoms with E-state index in [1.807, 2.05) is 60.2 Å². The van der Waals surface area contributed by atoms with Gasteiger partial charge in [-0.05, 0) is 59.3 Å². The molecule has 0 bridgehead atoms. The summed E-state index contributed by atoms with van der Waals surface area (Å²) in [5, 5.41) is 2.92. The van der Waals surface area contributed by atoms with Crippen LogP contribution in [0.3, 0.4) is 0 Å². The summed E-state index contributed by atoms with van der Waals surface area (Å²) in [7, 11) is 0. The van der Waals surface area contributed by atoms with Crippen molar-refractivity contribution in [3.05, 3.63) is 76.8 Å². The first-order valence-corrected chi connectivity index (χ1v) is 7.61. The fraction of sp³-hybridized carbons (Fsp3) is 0.0588. The van der Waals surface area contributed by atoms with Gasteiger partial charge in [0.1, 0.15) is 5.69 Å². The van der Waals surface area contributed by atoms with Crippen molar-refractivity contribution in [3.63, 3.8) is 0 Å². The van der Waals surface area contributed by atoms with Gasteiger partial charge in [0.25, 0.3) is 5.91 Å². The molecule has 22 heavy (non-hydrogen) atoms. The lowest BCUT2D eigenvalue weighted by molar-refractivity contribution is 0.102. The minimum Gasteiger partial charge on any atom is -0.320 e. The Morgan fingerprint density at radius 3 is 2.73 bits per heavy atom. The molecule has 0 radical (unpaired) electrons. The molecule has 0 aliphatic rings. The van der Waals surface area contributed by atoms with E-state index < -0.39 is 0 Å². The maximum atomic E-state index is 12.6. The summed E-state index contributed by atoms with van der Waals surface area (Å²) >= 11 is 3.43. The molecule has 3 aromatic rings. The van der Waals surface area contributed by atoms with Crippen LogP contribution >= 0.6 is 15.9 Å². The molecule has 0 saturated carbocycles. The minimum absolute atomic E-state index is 0.167. The molecule has 0 unspecified atom stereocenters. The maximum Gasteiger partial charge on any atom is 0.272 e. The second-order valence-corrected chi connectivity index (χ2v) is 5.66. The summed E-state index contributed by atoms with van der Waals surface area (Å²) in [4.78, 5) is 16.8. The Balaban J connectivity index is 1.94. The predicted molar refractivity (Wildman–Crippen MR) is 90.4 cm³/mol. The highest BCUT2D eigenvalue weighted by Crippen LogP contribution is 2.23. The molecule has 1 amide bonds. The molecule has 5 heteroatoms. The van der Waals surface area contributed by atoms with Crippen LogP contribution in [-0.2, 0) is 0 Å². The first-order valence-electron chi connectivity index (χ1n) is 6.82. The fourth-order valence-corrected chi connectivity index (χ4v) is 2.64. The number of pyridine rings is 1. The monoisotopic (exact) mass is 355 g/mol. The standard InChI is InChI=1S/C17H14BrN3O/c1-12-15(8-4-10-19-12)21-11-5-9-16(21)17(22)20-14-7-3-2-6-13(14)18/h2-11H,1H3,(H,20,22). The number of hydrogen-bond donors (Lipinski definition) is 1. The molecule has 3 rings (SSSR count). The Kier molecular flexibility index (Phi) is 4.06. The summed E-state index contributed by atoms with van der Waals surface area (Å²) in [6, 6.07) is 15.0. The van der Waals surface area contributed by atoms with Gasteiger partial charge in [0, 0.05) is 16.9 Å². The molecule has 0 atom stereocenters. The van der Waals surface area contributed by atoms with Crippen molar-refractivity contribution in [2.75, 3.05) is 5.32 Å². The normalized spacial score (nSPS) is 10.5. The van der Waals surface area contributed by atoms with Crippen LogP contribution in [0.25, 0.3) is 5.69 Å². The topological polar surface area (TPSA) is 46.9 Å². The minimum atomic E-state index is -0.167. The number of nitrogens with one attached hydrogen (secondary N) is 1. The molecular formula is C17H14BrN3O. The number of para-hydroxylation sites is 1. The summed E-state index contributed by atoms with van der Waals surface area (Å²) in [5.41, 5.74) is 3.06. The second kappa shape index (κ2) is 6.15. The van der Waals surface area contributed by atoms with Crippen molar-refractivity contribution in [1.82, 2.24) is 9.55 Å². The third-order valence-corrected chi connectivity index (χ3v) is 4.03. The Hall–Kier alpha value is -2.40. The summed E-state index contributed by atoms with van der Waals surface area (Å²) in [6.07, 6.45) is 3.60. The van der Waals surface area contributed by atoms with Crippen molar-refractivity contribution in [3.8, 4) is 5.69 Å². The largest absolute Gasteiger partial charge is 0.320 e. The van der Waals surface area contributed by atoms with Gasteiger partial charge in [0.15, 0.2) is 0 Å². The quantitative estimate of drug-likeness (QED) is 0.765. The van der Waals surface area contributed by atoms with Gasteiger partial charge in [-0.1, -0.05) is 12.1 Å². The molecule has 0 aliphatic heterocycles. The first kappa shape index (κ1) is 14.5. The number of nitrogens with zero attached hydrogens (tertiary/aromatic N) is 2. The van der Waals surface area contributed by atoms with Gasteiger partial charge in [0.2, 0.25) is 0 Å². The lowest BCUT2D eigenvalue weighted by Crippen LogP contribution is -2.16. The van der Waals surface area contributed by atoms with Gasteiger partial charge in [-0.25, -0.2) is 0 Å². The molecule has 1 N–H and O–H groups in total. The number of rotatable bonds is 3. The average molecular weight is 356 g/mol. The summed E-state index contributed by atoms with van der Waals surface area (Å²) < 4.78 is 2.69. The Morgan fingerprint density at radius 2 is 1.95 bits per heavy atom. The zero-order chi connectivity index (χ0) is 15.5. The zero-order valence-electron chi connectivity index (χ0n) is 12.0. The van der Waals surface area contributed by atoms with Crippen molar-refractivity contribution in [2.45, 2.75) is 6.92 Å². The van der Waals surface area contributed by atoms with Crippen LogP contribution in [0, 0.1) is 6.92 Å². The Bertz CT molecular complexity index is 826. The van der Waals surface area contributed by atoms with Gasteiger partial charge < -0.3 is 9.88 Å². The predicted octanol–water partition coefficient (Wildman–Crippen LogP) is 4.20. The van der Waals surface area contributed by atoms with Crippen LogP contribution < -0.4 is 5.32 Å². The van der Waals surface area contributed by atoms with E-state index in [1.54, 1.807) is 12.3 Å². The SMILES string of the molecule is Cc1ncccc1-n1cccc1C(=O)Nc1ccccc1Br. The molecule has 4 nitrogen and oxygen atoms in total. The molecule has 0 fully saturated rings. The van der Waals surface area contributed by atoms with E-state index in [0.717, 1.165) is 21.5 Å². The van der Waals surface area contributed by atoms with Gasteiger partial charge in [-0.2, -0.15) is 0 Å². The van der Waals surface area contributed by atoms with Crippen LogP contribution in [0.2, 0.25) is 0 Å². The Morgan fingerprint density at radius 1 is 1.14 bits per heavy atom. The molecule has 2 aromatic heterocycles. The highest BCUT2D eigenvalue weighted by atomic mass is 79.9. The highest BCUT2D eigenvalue weighted by Gasteiger charge is 2.14. The van der Waals surface area contributed by atoms with E-state index in [1.165, 1.54) is 0 Å². The van der Waals surface area contributed by atoms with Crippen LogP contribution in [0.1, 0.15) is 16.2 Å².